The summed E-state index contributed by atoms with van der Waals surface area (Å²) in [6.45, 7) is 2.15. The van der Waals surface area contributed by atoms with Crippen molar-refractivity contribution in [3.05, 3.63) is 17.5 Å². The molecule has 3 saturated heterocycles. The normalized spacial score (nSPS) is 22.5. The van der Waals surface area contributed by atoms with Crippen molar-refractivity contribution in [3.8, 4) is 0 Å². The first kappa shape index (κ1) is 19.1. The van der Waals surface area contributed by atoms with Crippen molar-refractivity contribution in [2.75, 3.05) is 26.2 Å². The van der Waals surface area contributed by atoms with E-state index < -0.39 is 11.7 Å². The van der Waals surface area contributed by atoms with Crippen molar-refractivity contribution in [1.29, 1.82) is 0 Å². The van der Waals surface area contributed by atoms with Gasteiger partial charge in [0.1, 0.15) is 0 Å². The van der Waals surface area contributed by atoms with E-state index in [-0.39, 0.29) is 35.5 Å². The molecule has 0 aliphatic carbocycles. The van der Waals surface area contributed by atoms with Crippen molar-refractivity contribution in [2.24, 2.45) is 13.0 Å². The number of urea groups is 1. The van der Waals surface area contributed by atoms with Crippen LogP contribution in [0.5, 0.6) is 0 Å². The Labute approximate surface area is 160 Å². The molecule has 4 rings (SSSR count). The monoisotopic (exact) mass is 399 g/mol. The second kappa shape index (κ2) is 6.66. The number of alkyl halides is 3. The maximum atomic E-state index is 13.1. The van der Waals surface area contributed by atoms with Crippen molar-refractivity contribution in [3.63, 3.8) is 0 Å². The zero-order valence-corrected chi connectivity index (χ0v) is 15.8. The smallest absolute Gasteiger partial charge is 0.347 e. The number of nitrogens with zero attached hydrogens (tertiary/aromatic N) is 4. The molecule has 28 heavy (non-hydrogen) atoms. The molecule has 0 unspecified atom stereocenters. The maximum absolute atomic E-state index is 13.1. The average Bonchev–Trinajstić information content (AvgIpc) is 3.16. The third-order valence-electron chi connectivity index (χ3n) is 6.07. The highest BCUT2D eigenvalue weighted by atomic mass is 19.4. The molecule has 1 N–H and O–H groups in total. The highest BCUT2D eigenvalue weighted by molar-refractivity contribution is 5.82. The molecule has 3 fully saturated rings. The van der Waals surface area contributed by atoms with Crippen LogP contribution in [0.1, 0.15) is 36.9 Å². The first-order valence-corrected chi connectivity index (χ1v) is 9.60. The Morgan fingerprint density at radius 3 is 2.54 bits per heavy atom. The number of carbonyl (C=O) groups is 2. The third-order valence-corrected chi connectivity index (χ3v) is 6.07. The van der Waals surface area contributed by atoms with E-state index in [9.17, 15) is 22.8 Å². The molecule has 3 amide bonds. The summed E-state index contributed by atoms with van der Waals surface area (Å²) in [4.78, 5) is 27.5. The summed E-state index contributed by atoms with van der Waals surface area (Å²) < 4.78 is 40.6. The Hall–Kier alpha value is -2.26. The molecule has 1 aromatic rings. The van der Waals surface area contributed by atoms with Crippen LogP contribution in [-0.4, -0.2) is 63.2 Å². The molecule has 0 saturated carbocycles. The van der Waals surface area contributed by atoms with Crippen molar-refractivity contribution < 1.29 is 22.8 Å². The van der Waals surface area contributed by atoms with Crippen molar-refractivity contribution in [2.45, 2.75) is 43.8 Å². The molecule has 0 atom stereocenters. The van der Waals surface area contributed by atoms with E-state index >= 15 is 0 Å². The predicted octanol–water partition coefficient (Wildman–Crippen LogP) is 1.78. The molecule has 7 nitrogen and oxygen atoms in total. The molecule has 10 heteroatoms. The molecule has 4 heterocycles. The van der Waals surface area contributed by atoms with E-state index in [1.807, 2.05) is 0 Å². The summed E-state index contributed by atoms with van der Waals surface area (Å²) in [5, 5.41) is 6.95. The van der Waals surface area contributed by atoms with Crippen LogP contribution >= 0.6 is 0 Å². The minimum Gasteiger partial charge on any atom is -0.347 e. The number of piperidine rings is 1. The molecular weight excluding hydrogens is 375 g/mol. The van der Waals surface area contributed by atoms with Crippen molar-refractivity contribution in [1.82, 2.24) is 24.9 Å². The van der Waals surface area contributed by atoms with Gasteiger partial charge in [-0.1, -0.05) is 0 Å². The Morgan fingerprint density at radius 1 is 1.29 bits per heavy atom. The van der Waals surface area contributed by atoms with Gasteiger partial charge < -0.3 is 15.1 Å². The Morgan fingerprint density at radius 2 is 1.96 bits per heavy atom. The van der Waals surface area contributed by atoms with Crippen molar-refractivity contribution >= 4 is 11.9 Å². The van der Waals surface area contributed by atoms with Crippen LogP contribution in [0.15, 0.2) is 6.20 Å². The number of halogens is 3. The van der Waals surface area contributed by atoms with Gasteiger partial charge in [0.05, 0.1) is 16.8 Å². The summed E-state index contributed by atoms with van der Waals surface area (Å²) in [5.41, 5.74) is -0.822. The van der Waals surface area contributed by atoms with Crippen LogP contribution in [0.4, 0.5) is 18.0 Å². The van der Waals surface area contributed by atoms with Crippen LogP contribution in [0.2, 0.25) is 0 Å². The van der Waals surface area contributed by atoms with Gasteiger partial charge in [0, 0.05) is 45.8 Å². The first-order chi connectivity index (χ1) is 13.2. The molecule has 3 aliphatic rings. The molecule has 154 valence electrons. The number of likely N-dealkylation sites (tertiary alicyclic amines) is 2. The fraction of sp³-hybridized carbons (Fsp3) is 0.722. The summed E-state index contributed by atoms with van der Waals surface area (Å²) in [5.74, 6) is 0.123. The maximum Gasteiger partial charge on any atom is 0.419 e. The number of hydrogen-bond donors (Lipinski definition) is 1. The van der Waals surface area contributed by atoms with E-state index in [0.29, 0.717) is 45.4 Å². The van der Waals surface area contributed by atoms with E-state index in [1.54, 1.807) is 9.80 Å². The lowest BCUT2D eigenvalue weighted by Gasteiger charge is -2.49. The van der Waals surface area contributed by atoms with E-state index in [1.165, 1.54) is 11.7 Å². The Balaban J connectivity index is 1.29. The molecule has 0 bridgehead atoms. The number of nitrogens with one attached hydrogen (secondary N) is 1. The Bertz CT molecular complexity index is 777. The third kappa shape index (κ3) is 3.56. The lowest BCUT2D eigenvalue weighted by Crippen LogP contribution is -2.70. The number of aryl methyl sites for hydroxylation is 1. The van der Waals surface area contributed by atoms with Crippen LogP contribution in [0, 0.1) is 5.92 Å². The molecule has 0 aromatic carbocycles. The number of carbonyl (C=O) groups excluding carboxylic acids is 2. The summed E-state index contributed by atoms with van der Waals surface area (Å²) in [6.07, 6.45) is -0.496. The molecular formula is C18H24F3N5O2. The minimum absolute atomic E-state index is 0.0423. The van der Waals surface area contributed by atoms with Gasteiger partial charge in [0.2, 0.25) is 5.91 Å². The molecule has 0 radical (unpaired) electrons. The van der Waals surface area contributed by atoms with Gasteiger partial charge in [-0.2, -0.15) is 18.3 Å². The van der Waals surface area contributed by atoms with Gasteiger partial charge in [-0.3, -0.25) is 9.48 Å². The van der Waals surface area contributed by atoms with E-state index in [4.69, 9.17) is 0 Å². The Kier molecular flexibility index (Phi) is 4.54. The van der Waals surface area contributed by atoms with Crippen LogP contribution < -0.4 is 5.32 Å². The van der Waals surface area contributed by atoms with Gasteiger partial charge in [0.25, 0.3) is 0 Å². The highest BCUT2D eigenvalue weighted by Crippen LogP contribution is 2.35. The quantitative estimate of drug-likeness (QED) is 0.824. The fourth-order valence-corrected chi connectivity index (χ4v) is 4.55. The predicted molar refractivity (Wildman–Crippen MR) is 93.3 cm³/mol. The van der Waals surface area contributed by atoms with Gasteiger partial charge in [-0.15, -0.1) is 0 Å². The van der Waals surface area contributed by atoms with Gasteiger partial charge in [-0.05, 0) is 31.6 Å². The lowest BCUT2D eigenvalue weighted by atomic mass is 9.88. The summed E-state index contributed by atoms with van der Waals surface area (Å²) in [6, 6.07) is -0.0426. The number of rotatable bonds is 2. The largest absolute Gasteiger partial charge is 0.419 e. The lowest BCUT2D eigenvalue weighted by molar-refractivity contribution is -0.138. The molecule has 1 spiro atoms. The number of aromatic nitrogens is 2. The van der Waals surface area contributed by atoms with Crippen LogP contribution in [0.25, 0.3) is 0 Å². The minimum atomic E-state index is -4.40. The second-order valence-corrected chi connectivity index (χ2v) is 8.26. The zero-order valence-electron chi connectivity index (χ0n) is 15.8. The topological polar surface area (TPSA) is 70.5 Å². The molecule has 1 aromatic heterocycles. The zero-order chi connectivity index (χ0) is 20.1. The summed E-state index contributed by atoms with van der Waals surface area (Å²) in [7, 11) is 1.49. The highest BCUT2D eigenvalue weighted by Gasteiger charge is 2.50. The van der Waals surface area contributed by atoms with Gasteiger partial charge in [-0.25, -0.2) is 4.79 Å². The fourth-order valence-electron chi connectivity index (χ4n) is 4.55. The van der Waals surface area contributed by atoms with E-state index in [2.05, 4.69) is 10.4 Å². The number of amides is 3. The first-order valence-electron chi connectivity index (χ1n) is 9.60. The summed E-state index contributed by atoms with van der Waals surface area (Å²) >= 11 is 0. The van der Waals surface area contributed by atoms with Gasteiger partial charge >= 0.3 is 12.2 Å². The number of hydrogen-bond acceptors (Lipinski definition) is 3. The standard InChI is InChI=1S/C18H24F3N5O2/c1-24-9-13(18(19,20)21)14(23-24)8-12-3-6-25(7-4-12)16(28)26-10-17(11-26)5-2-15(27)22-17/h9,12H,2-8,10-11H2,1H3,(H,22,27). The van der Waals surface area contributed by atoms with E-state index in [0.717, 1.165) is 12.6 Å². The second-order valence-electron chi connectivity index (χ2n) is 8.26. The SMILES string of the molecule is Cn1cc(C(F)(F)F)c(CC2CCN(C(=O)N3CC4(CCC(=O)N4)C3)CC2)n1. The molecule has 3 aliphatic heterocycles. The van der Waals surface area contributed by atoms with Crippen LogP contribution in [-0.2, 0) is 24.4 Å². The van der Waals surface area contributed by atoms with Gasteiger partial charge in [0.15, 0.2) is 0 Å². The van der Waals surface area contributed by atoms with Crippen LogP contribution in [0.3, 0.4) is 0 Å². The average molecular weight is 399 g/mol.